The van der Waals surface area contributed by atoms with E-state index in [1.165, 1.54) is 20.2 Å². The third-order valence-corrected chi connectivity index (χ3v) is 2.17. The van der Waals surface area contributed by atoms with Crippen molar-refractivity contribution in [3.8, 4) is 11.5 Å². The summed E-state index contributed by atoms with van der Waals surface area (Å²) >= 11 is 3.27. The first kappa shape index (κ1) is 12.5. The number of nitrogens with zero attached hydrogens (tertiary/aromatic N) is 1. The maximum Gasteiger partial charge on any atom is 0.236 e. The van der Waals surface area contributed by atoms with Crippen LogP contribution in [0.2, 0.25) is 0 Å². The number of halogens is 1. The second kappa shape index (κ2) is 5.50. The molecule has 2 N–H and O–H groups in total. The first-order valence-corrected chi connectivity index (χ1v) is 5.20. The molecule has 1 rings (SSSR count). The number of hydrogen-bond acceptors (Lipinski definition) is 4. The molecule has 86 valence electrons. The third-order valence-electron chi connectivity index (χ3n) is 1.71. The zero-order valence-corrected chi connectivity index (χ0v) is 10.4. The Labute approximate surface area is 101 Å². The second-order valence-corrected chi connectivity index (χ2v) is 3.89. The van der Waals surface area contributed by atoms with E-state index in [2.05, 4.69) is 26.5 Å². The minimum absolute atomic E-state index is 0.0280. The van der Waals surface area contributed by atoms with Crippen LogP contribution in [0.25, 0.3) is 0 Å². The number of methoxy groups -OCH3 is 1. The Morgan fingerprint density at radius 3 is 2.88 bits per heavy atom. The minimum atomic E-state index is -0.280. The van der Waals surface area contributed by atoms with E-state index in [0.717, 1.165) is 4.47 Å². The number of aromatic hydroxyl groups is 1. The lowest BCUT2D eigenvalue weighted by molar-refractivity contribution is -0.118. The van der Waals surface area contributed by atoms with Gasteiger partial charge < -0.3 is 9.84 Å². The molecule has 0 saturated heterocycles. The molecule has 0 saturated carbocycles. The van der Waals surface area contributed by atoms with Gasteiger partial charge in [0.15, 0.2) is 11.5 Å². The van der Waals surface area contributed by atoms with Crippen molar-refractivity contribution in [3.05, 3.63) is 22.2 Å². The molecule has 16 heavy (non-hydrogen) atoms. The van der Waals surface area contributed by atoms with Crippen LogP contribution in [0.15, 0.2) is 21.7 Å². The average molecular weight is 287 g/mol. The summed E-state index contributed by atoms with van der Waals surface area (Å²) in [5.74, 6) is 0.0242. The lowest BCUT2D eigenvalue weighted by atomic mass is 10.2. The van der Waals surface area contributed by atoms with Gasteiger partial charge >= 0.3 is 0 Å². The highest BCUT2D eigenvalue weighted by Crippen LogP contribution is 2.32. The molecule has 0 heterocycles. The summed E-state index contributed by atoms with van der Waals surface area (Å²) in [6, 6.07) is 3.29. The molecule has 0 radical (unpaired) electrons. The van der Waals surface area contributed by atoms with E-state index in [9.17, 15) is 9.90 Å². The second-order valence-electron chi connectivity index (χ2n) is 2.97. The Hall–Kier alpha value is -1.56. The smallest absolute Gasteiger partial charge is 0.236 e. The molecule has 0 fully saturated rings. The molecule has 1 amide bonds. The number of phenolic OH excluding ortho intramolecular Hbond substituents is 1. The van der Waals surface area contributed by atoms with Gasteiger partial charge in [-0.25, -0.2) is 5.43 Å². The minimum Gasteiger partial charge on any atom is -0.504 e. The zero-order valence-electron chi connectivity index (χ0n) is 8.82. The van der Waals surface area contributed by atoms with Crippen LogP contribution in [0.3, 0.4) is 0 Å². The highest BCUT2D eigenvalue weighted by Gasteiger charge is 2.07. The number of nitrogens with one attached hydrogen (secondary N) is 1. The van der Waals surface area contributed by atoms with Crippen molar-refractivity contribution in [2.75, 3.05) is 7.11 Å². The molecule has 0 atom stereocenters. The topological polar surface area (TPSA) is 70.9 Å². The van der Waals surface area contributed by atoms with E-state index in [4.69, 9.17) is 4.74 Å². The Kier molecular flexibility index (Phi) is 4.30. The normalized spacial score (nSPS) is 10.4. The highest BCUT2D eigenvalue weighted by atomic mass is 79.9. The number of benzene rings is 1. The number of carbonyl (C=O) groups is 1. The van der Waals surface area contributed by atoms with Gasteiger partial charge in [-0.05, 0) is 12.1 Å². The predicted molar refractivity (Wildman–Crippen MR) is 63.8 cm³/mol. The summed E-state index contributed by atoms with van der Waals surface area (Å²) in [6.45, 7) is 1.35. The van der Waals surface area contributed by atoms with E-state index >= 15 is 0 Å². The van der Waals surface area contributed by atoms with Gasteiger partial charge in [-0.3, -0.25) is 4.79 Å². The van der Waals surface area contributed by atoms with Gasteiger partial charge in [-0.15, -0.1) is 0 Å². The van der Waals surface area contributed by atoms with Crippen LogP contribution in [0.5, 0.6) is 11.5 Å². The molecule has 1 aromatic carbocycles. The standard InChI is InChI=1S/C10H11BrN2O3/c1-6(14)13-12-5-7-3-8(11)4-9(16-2)10(7)15/h3-5,15H,1-2H3,(H,13,14)/b12-5-. The maximum absolute atomic E-state index is 10.6. The van der Waals surface area contributed by atoms with Crippen molar-refractivity contribution in [1.29, 1.82) is 0 Å². The molecule has 0 unspecified atom stereocenters. The van der Waals surface area contributed by atoms with Gasteiger partial charge in [0.2, 0.25) is 5.91 Å². The number of rotatable bonds is 3. The molecule has 0 aliphatic heterocycles. The molecule has 0 spiro atoms. The zero-order chi connectivity index (χ0) is 12.1. The quantitative estimate of drug-likeness (QED) is 0.655. The van der Waals surface area contributed by atoms with Crippen molar-refractivity contribution in [2.24, 2.45) is 5.10 Å². The van der Waals surface area contributed by atoms with E-state index < -0.39 is 0 Å². The lowest BCUT2D eigenvalue weighted by Gasteiger charge is -2.06. The molecule has 6 heteroatoms. The van der Waals surface area contributed by atoms with Gasteiger partial charge in [0, 0.05) is 17.0 Å². The highest BCUT2D eigenvalue weighted by molar-refractivity contribution is 9.10. The fourth-order valence-corrected chi connectivity index (χ4v) is 1.50. The van der Waals surface area contributed by atoms with Gasteiger partial charge in [-0.2, -0.15) is 5.10 Å². The van der Waals surface area contributed by atoms with Gasteiger partial charge in [0.1, 0.15) is 0 Å². The van der Waals surface area contributed by atoms with Crippen LogP contribution in [0.4, 0.5) is 0 Å². The van der Waals surface area contributed by atoms with Crippen molar-refractivity contribution in [1.82, 2.24) is 5.43 Å². The van der Waals surface area contributed by atoms with E-state index in [1.807, 2.05) is 0 Å². The molecular weight excluding hydrogens is 276 g/mol. The summed E-state index contributed by atoms with van der Waals surface area (Å²) < 4.78 is 5.71. The average Bonchev–Trinajstić information content (AvgIpc) is 2.22. The van der Waals surface area contributed by atoms with Crippen molar-refractivity contribution >= 4 is 28.1 Å². The maximum atomic E-state index is 10.6. The molecular formula is C10H11BrN2O3. The van der Waals surface area contributed by atoms with Crippen LogP contribution >= 0.6 is 15.9 Å². The van der Waals surface area contributed by atoms with Crippen molar-refractivity contribution in [3.63, 3.8) is 0 Å². The number of hydrazone groups is 1. The largest absolute Gasteiger partial charge is 0.504 e. The van der Waals surface area contributed by atoms with Crippen LogP contribution in [0, 0.1) is 0 Å². The summed E-state index contributed by atoms with van der Waals surface area (Å²) in [5, 5.41) is 13.4. The van der Waals surface area contributed by atoms with Crippen LogP contribution in [-0.4, -0.2) is 24.3 Å². The Morgan fingerprint density at radius 1 is 1.62 bits per heavy atom. The molecule has 0 bridgehead atoms. The molecule has 0 aliphatic rings. The van der Waals surface area contributed by atoms with E-state index in [-0.39, 0.29) is 11.7 Å². The number of carbonyl (C=O) groups excluding carboxylic acids is 1. The van der Waals surface area contributed by atoms with Crippen molar-refractivity contribution < 1.29 is 14.6 Å². The molecule has 0 aromatic heterocycles. The fraction of sp³-hybridized carbons (Fsp3) is 0.200. The first-order chi connectivity index (χ1) is 7.54. The lowest BCUT2D eigenvalue weighted by Crippen LogP contribution is -2.12. The predicted octanol–water partition coefficient (Wildman–Crippen LogP) is 1.63. The number of ether oxygens (including phenoxy) is 1. The molecule has 1 aromatic rings. The summed E-state index contributed by atoms with van der Waals surface area (Å²) in [7, 11) is 1.45. The Balaban J connectivity index is 2.99. The van der Waals surface area contributed by atoms with E-state index in [0.29, 0.717) is 11.3 Å². The number of hydrogen-bond donors (Lipinski definition) is 2. The van der Waals surface area contributed by atoms with Crippen LogP contribution in [-0.2, 0) is 4.79 Å². The summed E-state index contributed by atoms with van der Waals surface area (Å²) in [5.41, 5.74) is 2.69. The van der Waals surface area contributed by atoms with Crippen LogP contribution < -0.4 is 10.2 Å². The molecule has 5 nitrogen and oxygen atoms in total. The van der Waals surface area contributed by atoms with Gasteiger partial charge in [0.25, 0.3) is 0 Å². The SMILES string of the molecule is COc1cc(Br)cc(/C=N\NC(C)=O)c1O. The fourth-order valence-electron chi connectivity index (χ4n) is 1.04. The summed E-state index contributed by atoms with van der Waals surface area (Å²) in [6.07, 6.45) is 1.34. The monoisotopic (exact) mass is 286 g/mol. The van der Waals surface area contributed by atoms with Gasteiger partial charge in [0.05, 0.1) is 13.3 Å². The summed E-state index contributed by atoms with van der Waals surface area (Å²) in [4.78, 5) is 10.6. The number of phenols is 1. The van der Waals surface area contributed by atoms with E-state index in [1.54, 1.807) is 12.1 Å². The van der Waals surface area contributed by atoms with Crippen molar-refractivity contribution in [2.45, 2.75) is 6.92 Å². The Morgan fingerprint density at radius 2 is 2.31 bits per heavy atom. The Bertz CT molecular complexity index is 432. The third kappa shape index (κ3) is 3.23. The first-order valence-electron chi connectivity index (χ1n) is 4.40. The van der Waals surface area contributed by atoms with Crippen LogP contribution in [0.1, 0.15) is 12.5 Å². The number of amides is 1. The molecule has 0 aliphatic carbocycles. The van der Waals surface area contributed by atoms with Gasteiger partial charge in [-0.1, -0.05) is 15.9 Å².